The van der Waals surface area contributed by atoms with E-state index < -0.39 is 32.2 Å². The fourth-order valence-corrected chi connectivity index (χ4v) is 13.4. The number of carbonyl (C=O) groups is 2. The van der Waals surface area contributed by atoms with Crippen molar-refractivity contribution in [3.8, 4) is 5.75 Å². The molecule has 0 aromatic heterocycles. The molecule has 1 heterocycles. The molecule has 1 aliphatic carbocycles. The zero-order valence-corrected chi connectivity index (χ0v) is 33.7. The van der Waals surface area contributed by atoms with Gasteiger partial charge in [0.05, 0.1) is 31.2 Å². The lowest BCUT2D eigenvalue weighted by Gasteiger charge is -2.44. The first-order chi connectivity index (χ1) is 24.9. The highest BCUT2D eigenvalue weighted by atomic mass is 79.9. The number of rotatable bonds is 15. The van der Waals surface area contributed by atoms with E-state index in [2.05, 4.69) is 67.9 Å². The molecule has 1 fully saturated rings. The SMILES string of the molecule is CCC/C(=C\c1cc(Br)ccc1O)CC[C@@H](O)C1=C(CO[Si](c2ccccc2)(c2ccccc2)C(C)(C)C)C[C@H]2C(=O)N(CCC)C(=O)[C@H]2[C@H]1CO. The van der Waals surface area contributed by atoms with Crippen molar-refractivity contribution in [1.82, 2.24) is 4.90 Å². The Morgan fingerprint density at radius 1 is 0.962 bits per heavy atom. The molecule has 1 saturated heterocycles. The standard InChI is InChI=1S/C43H54BrNO6Si/c1-6-14-29(24-30-25-32(44)20-22-37(30)47)19-21-38(48)39-31(26-35-40(36(39)27-46)42(50)45(23-7-2)41(35)49)28-51-52(43(3,4)5,33-15-10-8-11-16-33)34-17-12-9-13-18-34/h8-13,15-18,20,22,24-25,35-36,38,40,46-48H,6-7,14,19,21,23,26-28H2,1-5H3/b29-24+/t35-,36+,38-,40-/m1/s1. The van der Waals surface area contributed by atoms with Crippen LogP contribution < -0.4 is 10.4 Å². The molecular formula is C43H54BrNO6Si. The number of aliphatic hydroxyl groups excluding tert-OH is 2. The lowest BCUT2D eigenvalue weighted by molar-refractivity contribution is -0.140. The first kappa shape index (κ1) is 39.9. The lowest BCUT2D eigenvalue weighted by atomic mass is 9.68. The average molecular weight is 789 g/mol. The number of halogens is 1. The third-order valence-electron chi connectivity index (χ3n) is 10.8. The minimum absolute atomic E-state index is 0.165. The summed E-state index contributed by atoms with van der Waals surface area (Å²) >= 11 is 3.50. The minimum atomic E-state index is -3.00. The highest BCUT2D eigenvalue weighted by molar-refractivity contribution is 9.10. The van der Waals surface area contributed by atoms with Gasteiger partial charge in [0.1, 0.15) is 5.75 Å². The van der Waals surface area contributed by atoms with Crippen LogP contribution in [0, 0.1) is 17.8 Å². The summed E-state index contributed by atoms with van der Waals surface area (Å²) < 4.78 is 8.23. The maximum atomic E-state index is 13.8. The molecule has 0 spiro atoms. The Balaban J connectivity index is 1.58. The van der Waals surface area contributed by atoms with E-state index in [1.165, 1.54) is 4.90 Å². The normalized spacial score (nSPS) is 20.4. The average Bonchev–Trinajstić information content (AvgIpc) is 3.36. The Morgan fingerprint density at radius 2 is 1.60 bits per heavy atom. The van der Waals surface area contributed by atoms with E-state index >= 15 is 0 Å². The van der Waals surface area contributed by atoms with E-state index in [1.807, 2.05) is 55.5 Å². The number of allylic oxidation sites excluding steroid dienone is 1. The van der Waals surface area contributed by atoms with Gasteiger partial charge in [-0.15, -0.1) is 0 Å². The van der Waals surface area contributed by atoms with E-state index in [4.69, 9.17) is 4.43 Å². The zero-order valence-electron chi connectivity index (χ0n) is 31.1. The topological polar surface area (TPSA) is 107 Å². The van der Waals surface area contributed by atoms with Crippen LogP contribution in [-0.4, -0.2) is 66.2 Å². The molecule has 0 bridgehead atoms. The van der Waals surface area contributed by atoms with Gasteiger partial charge in [-0.05, 0) is 76.9 Å². The third kappa shape index (κ3) is 8.09. The molecular weight excluding hydrogens is 734 g/mol. The van der Waals surface area contributed by atoms with Gasteiger partial charge in [0, 0.05) is 22.5 Å². The summed E-state index contributed by atoms with van der Waals surface area (Å²) in [6, 6.07) is 26.0. The van der Waals surface area contributed by atoms with E-state index in [-0.39, 0.29) is 35.8 Å². The summed E-state index contributed by atoms with van der Waals surface area (Å²) in [4.78, 5) is 29.0. The van der Waals surface area contributed by atoms with Crippen molar-refractivity contribution >= 4 is 52.5 Å². The van der Waals surface area contributed by atoms with Crippen LogP contribution in [0.5, 0.6) is 5.75 Å². The first-order valence-electron chi connectivity index (χ1n) is 18.7. The van der Waals surface area contributed by atoms with Gasteiger partial charge in [0.2, 0.25) is 11.8 Å². The van der Waals surface area contributed by atoms with Gasteiger partial charge in [-0.2, -0.15) is 0 Å². The molecule has 4 atom stereocenters. The minimum Gasteiger partial charge on any atom is -0.507 e. The molecule has 1 aliphatic heterocycles. The van der Waals surface area contributed by atoms with Crippen LogP contribution in [0.3, 0.4) is 0 Å². The summed E-state index contributed by atoms with van der Waals surface area (Å²) in [5.41, 5.74) is 3.20. The predicted molar refractivity (Wildman–Crippen MR) is 214 cm³/mol. The molecule has 52 heavy (non-hydrogen) atoms. The number of likely N-dealkylation sites (tertiary alicyclic amines) is 1. The second-order valence-electron chi connectivity index (χ2n) is 15.3. The smallest absolute Gasteiger partial charge is 0.261 e. The number of benzene rings is 3. The second kappa shape index (κ2) is 17.2. The van der Waals surface area contributed by atoms with Gasteiger partial charge in [0.15, 0.2) is 0 Å². The predicted octanol–water partition coefficient (Wildman–Crippen LogP) is 7.38. The van der Waals surface area contributed by atoms with Gasteiger partial charge in [-0.3, -0.25) is 14.5 Å². The number of fused-ring (bicyclic) bond motifs is 1. The Bertz CT molecular complexity index is 1730. The summed E-state index contributed by atoms with van der Waals surface area (Å²) in [6.45, 7) is 10.8. The fourth-order valence-electron chi connectivity index (χ4n) is 8.49. The number of imide groups is 1. The van der Waals surface area contributed by atoms with Crippen molar-refractivity contribution < 1.29 is 29.3 Å². The quantitative estimate of drug-likeness (QED) is 0.0844. The molecule has 5 rings (SSSR count). The van der Waals surface area contributed by atoms with Gasteiger partial charge in [-0.1, -0.05) is 129 Å². The number of hydrogen-bond donors (Lipinski definition) is 3. The molecule has 9 heteroatoms. The van der Waals surface area contributed by atoms with Gasteiger partial charge in [0.25, 0.3) is 8.32 Å². The maximum Gasteiger partial charge on any atom is 0.261 e. The molecule has 278 valence electrons. The van der Waals surface area contributed by atoms with Crippen LogP contribution in [0.2, 0.25) is 5.04 Å². The van der Waals surface area contributed by atoms with E-state index in [0.717, 1.165) is 38.8 Å². The number of amides is 2. The molecule has 7 nitrogen and oxygen atoms in total. The lowest BCUT2D eigenvalue weighted by Crippen LogP contribution is -2.66. The van der Waals surface area contributed by atoms with Crippen LogP contribution in [0.25, 0.3) is 6.08 Å². The summed E-state index contributed by atoms with van der Waals surface area (Å²) in [5.74, 6) is -2.33. The molecule has 3 aromatic rings. The van der Waals surface area contributed by atoms with Crippen LogP contribution in [0.1, 0.15) is 78.7 Å². The van der Waals surface area contributed by atoms with Crippen molar-refractivity contribution in [2.75, 3.05) is 19.8 Å². The Kier molecular flexibility index (Phi) is 13.2. The molecule has 2 aliphatic rings. The Hall–Kier alpha value is -3.34. The zero-order chi connectivity index (χ0) is 37.6. The number of aromatic hydroxyl groups is 1. The van der Waals surface area contributed by atoms with Crippen molar-refractivity contribution in [1.29, 1.82) is 0 Å². The Labute approximate surface area is 318 Å². The van der Waals surface area contributed by atoms with E-state index in [9.17, 15) is 24.9 Å². The number of phenolic OH excluding ortho intramolecular Hbond substituents is 1. The molecule has 3 N–H and O–H groups in total. The van der Waals surface area contributed by atoms with Crippen molar-refractivity contribution in [3.05, 3.63) is 106 Å². The number of nitrogens with zero attached hydrogens (tertiary/aromatic N) is 1. The van der Waals surface area contributed by atoms with E-state index in [1.54, 1.807) is 12.1 Å². The summed E-state index contributed by atoms with van der Waals surface area (Å²) in [5, 5.41) is 35.7. The van der Waals surface area contributed by atoms with Crippen LogP contribution in [0.4, 0.5) is 0 Å². The molecule has 0 radical (unpaired) electrons. The number of phenols is 1. The van der Waals surface area contributed by atoms with E-state index in [0.29, 0.717) is 43.4 Å². The van der Waals surface area contributed by atoms with Crippen LogP contribution >= 0.6 is 15.9 Å². The van der Waals surface area contributed by atoms with Gasteiger partial charge in [-0.25, -0.2) is 0 Å². The van der Waals surface area contributed by atoms with Crippen LogP contribution in [-0.2, 0) is 14.0 Å². The highest BCUT2D eigenvalue weighted by Gasteiger charge is 2.56. The maximum absolute atomic E-state index is 13.8. The first-order valence-corrected chi connectivity index (χ1v) is 21.4. The molecule has 3 aromatic carbocycles. The number of carbonyl (C=O) groups excluding carboxylic acids is 2. The van der Waals surface area contributed by atoms with Crippen molar-refractivity contribution in [2.45, 2.75) is 84.3 Å². The number of hydrogen-bond acceptors (Lipinski definition) is 6. The number of aliphatic hydroxyl groups is 2. The third-order valence-corrected chi connectivity index (χ3v) is 16.3. The Morgan fingerprint density at radius 3 is 2.15 bits per heavy atom. The van der Waals surface area contributed by atoms with Crippen molar-refractivity contribution in [3.63, 3.8) is 0 Å². The summed E-state index contributed by atoms with van der Waals surface area (Å²) in [6.07, 6.45) is 4.53. The van der Waals surface area contributed by atoms with Crippen LogP contribution in [0.15, 0.2) is 100 Å². The fraction of sp³-hybridized carbons (Fsp3) is 0.442. The highest BCUT2D eigenvalue weighted by Crippen LogP contribution is 2.47. The monoisotopic (exact) mass is 787 g/mol. The second-order valence-corrected chi connectivity index (χ2v) is 20.5. The summed E-state index contributed by atoms with van der Waals surface area (Å²) in [7, 11) is -3.00. The largest absolute Gasteiger partial charge is 0.507 e. The van der Waals surface area contributed by atoms with Gasteiger partial charge < -0.3 is 19.7 Å². The molecule has 0 saturated carbocycles. The van der Waals surface area contributed by atoms with Gasteiger partial charge >= 0.3 is 0 Å². The van der Waals surface area contributed by atoms with Crippen molar-refractivity contribution in [2.24, 2.45) is 17.8 Å². The molecule has 0 unspecified atom stereocenters. The molecule has 2 amide bonds.